The Morgan fingerprint density at radius 3 is 2.36 bits per heavy atom. The second kappa shape index (κ2) is 10.5. The third kappa shape index (κ3) is 5.99. The predicted octanol–water partition coefficient (Wildman–Crippen LogP) is 4.27. The first-order valence-corrected chi connectivity index (χ1v) is 11.5. The Balaban J connectivity index is 1.60. The summed E-state index contributed by atoms with van der Waals surface area (Å²) >= 11 is 0. The minimum absolute atomic E-state index is 0.311. The highest BCUT2D eigenvalue weighted by atomic mass is 16.6. The SMILES string of the molecule is COc1ccc(Oc2nc(-c3cncc(C#N)c3)cnc2N2CCN(C(=O)OC(C)(C)C)CC2)cc1. The molecule has 36 heavy (non-hydrogen) atoms. The van der Waals surface area contributed by atoms with Crippen LogP contribution in [0.25, 0.3) is 11.3 Å². The minimum atomic E-state index is -0.549. The lowest BCUT2D eigenvalue weighted by atomic mass is 10.1. The van der Waals surface area contributed by atoms with Gasteiger partial charge in [0, 0.05) is 44.1 Å². The van der Waals surface area contributed by atoms with Crippen molar-refractivity contribution in [2.75, 3.05) is 38.2 Å². The lowest BCUT2D eigenvalue weighted by molar-refractivity contribution is 0.0240. The zero-order chi connectivity index (χ0) is 25.7. The number of amides is 1. The summed E-state index contributed by atoms with van der Waals surface area (Å²) in [6.45, 7) is 7.59. The van der Waals surface area contributed by atoms with Crippen molar-refractivity contribution < 1.29 is 19.0 Å². The Labute approximate surface area is 210 Å². The molecular formula is C26H28N6O4. The number of pyridine rings is 1. The summed E-state index contributed by atoms with van der Waals surface area (Å²) in [4.78, 5) is 29.7. The summed E-state index contributed by atoms with van der Waals surface area (Å²) < 4.78 is 16.9. The summed E-state index contributed by atoms with van der Waals surface area (Å²) in [5.74, 6) is 2.15. The molecule has 3 aromatic rings. The van der Waals surface area contributed by atoms with Gasteiger partial charge in [0.1, 0.15) is 23.2 Å². The number of carbonyl (C=O) groups is 1. The van der Waals surface area contributed by atoms with E-state index in [2.05, 4.69) is 16.0 Å². The zero-order valence-electron chi connectivity index (χ0n) is 20.8. The summed E-state index contributed by atoms with van der Waals surface area (Å²) in [5, 5.41) is 9.23. The van der Waals surface area contributed by atoms with E-state index in [1.807, 2.05) is 25.7 Å². The minimum Gasteiger partial charge on any atom is -0.497 e. The highest BCUT2D eigenvalue weighted by molar-refractivity contribution is 5.69. The van der Waals surface area contributed by atoms with Crippen LogP contribution >= 0.6 is 0 Å². The van der Waals surface area contributed by atoms with Gasteiger partial charge in [-0.1, -0.05) is 0 Å². The fraction of sp³-hybridized carbons (Fsp3) is 0.346. The lowest BCUT2D eigenvalue weighted by Gasteiger charge is -2.36. The average molecular weight is 489 g/mol. The number of anilines is 1. The van der Waals surface area contributed by atoms with Crippen LogP contribution in [-0.2, 0) is 4.74 Å². The highest BCUT2D eigenvalue weighted by Crippen LogP contribution is 2.32. The highest BCUT2D eigenvalue weighted by Gasteiger charge is 2.28. The van der Waals surface area contributed by atoms with E-state index in [-0.39, 0.29) is 6.09 Å². The average Bonchev–Trinajstić information content (AvgIpc) is 2.88. The Bertz CT molecular complexity index is 1260. The van der Waals surface area contributed by atoms with Crippen LogP contribution in [-0.4, -0.2) is 64.8 Å². The molecule has 10 heteroatoms. The monoisotopic (exact) mass is 488 g/mol. The number of ether oxygens (including phenoxy) is 3. The topological polar surface area (TPSA) is 114 Å². The van der Waals surface area contributed by atoms with Crippen molar-refractivity contribution in [1.29, 1.82) is 5.26 Å². The van der Waals surface area contributed by atoms with Gasteiger partial charge in [-0.15, -0.1) is 0 Å². The standard InChI is InChI=1S/C26H28N6O4/c1-26(2,3)36-25(33)32-11-9-31(10-12-32)23-24(35-21-7-5-20(34-4)6-8-21)30-22(17-29-23)19-13-18(14-27)15-28-16-19/h5-8,13,15-17H,9-12H2,1-4H3. The first-order valence-electron chi connectivity index (χ1n) is 11.5. The first kappa shape index (κ1) is 24.7. The van der Waals surface area contributed by atoms with Crippen molar-refractivity contribution in [1.82, 2.24) is 19.9 Å². The molecule has 186 valence electrons. The number of nitriles is 1. The van der Waals surface area contributed by atoms with Crippen LogP contribution in [0.2, 0.25) is 0 Å². The number of nitrogens with zero attached hydrogens (tertiary/aromatic N) is 6. The Kier molecular flexibility index (Phi) is 7.20. The van der Waals surface area contributed by atoms with Crippen LogP contribution in [0.1, 0.15) is 26.3 Å². The number of aromatic nitrogens is 3. The molecule has 0 saturated carbocycles. The van der Waals surface area contributed by atoms with Gasteiger partial charge in [0.15, 0.2) is 5.82 Å². The van der Waals surface area contributed by atoms with Crippen LogP contribution in [0.15, 0.2) is 48.9 Å². The van der Waals surface area contributed by atoms with Crippen LogP contribution in [0, 0.1) is 11.3 Å². The molecule has 1 fully saturated rings. The molecule has 0 bridgehead atoms. The predicted molar refractivity (Wildman–Crippen MR) is 133 cm³/mol. The Hall–Kier alpha value is -4.39. The number of rotatable bonds is 5. The maximum absolute atomic E-state index is 12.5. The Morgan fingerprint density at radius 1 is 1.03 bits per heavy atom. The maximum atomic E-state index is 12.5. The van der Waals surface area contributed by atoms with E-state index in [0.717, 1.165) is 0 Å². The number of methoxy groups -OCH3 is 1. The van der Waals surface area contributed by atoms with Gasteiger partial charge in [0.25, 0.3) is 5.88 Å². The molecule has 0 N–H and O–H groups in total. The normalized spacial score (nSPS) is 13.6. The molecule has 3 heterocycles. The van der Waals surface area contributed by atoms with Gasteiger partial charge in [-0.25, -0.2) is 14.8 Å². The zero-order valence-corrected chi connectivity index (χ0v) is 20.8. The molecule has 0 unspecified atom stereocenters. The van der Waals surface area contributed by atoms with Crippen LogP contribution in [0.4, 0.5) is 10.6 Å². The van der Waals surface area contributed by atoms with Gasteiger partial charge in [0.05, 0.1) is 24.6 Å². The molecule has 10 nitrogen and oxygen atoms in total. The molecule has 1 aliphatic heterocycles. The van der Waals surface area contributed by atoms with Crippen LogP contribution in [0.5, 0.6) is 17.4 Å². The van der Waals surface area contributed by atoms with Crippen molar-refractivity contribution in [2.45, 2.75) is 26.4 Å². The van der Waals surface area contributed by atoms with Gasteiger partial charge < -0.3 is 24.0 Å². The molecular weight excluding hydrogens is 460 g/mol. The van der Waals surface area contributed by atoms with Gasteiger partial charge in [0.2, 0.25) is 0 Å². The quantitative estimate of drug-likeness (QED) is 0.519. The molecule has 0 spiro atoms. The molecule has 2 aromatic heterocycles. The fourth-order valence-electron chi connectivity index (χ4n) is 3.61. The van der Waals surface area contributed by atoms with E-state index < -0.39 is 5.60 Å². The molecule has 1 saturated heterocycles. The smallest absolute Gasteiger partial charge is 0.410 e. The summed E-state index contributed by atoms with van der Waals surface area (Å²) in [5.41, 5.74) is 1.06. The van der Waals surface area contributed by atoms with Gasteiger partial charge >= 0.3 is 6.09 Å². The molecule has 1 amide bonds. The first-order chi connectivity index (χ1) is 17.3. The second-order valence-electron chi connectivity index (χ2n) is 9.19. The van der Waals surface area contributed by atoms with Crippen molar-refractivity contribution in [2.24, 2.45) is 0 Å². The number of hydrogen-bond acceptors (Lipinski definition) is 9. The fourth-order valence-corrected chi connectivity index (χ4v) is 3.61. The van der Waals surface area contributed by atoms with Crippen molar-refractivity contribution >= 4 is 11.9 Å². The third-order valence-corrected chi connectivity index (χ3v) is 5.39. The summed E-state index contributed by atoms with van der Waals surface area (Å²) in [7, 11) is 1.60. The third-order valence-electron chi connectivity index (χ3n) is 5.39. The van der Waals surface area contributed by atoms with Crippen molar-refractivity contribution in [3.8, 4) is 34.7 Å². The van der Waals surface area contributed by atoms with E-state index in [1.54, 1.807) is 54.7 Å². The van der Waals surface area contributed by atoms with Gasteiger partial charge in [-0.2, -0.15) is 5.26 Å². The van der Waals surface area contributed by atoms with Crippen LogP contribution in [0.3, 0.4) is 0 Å². The van der Waals surface area contributed by atoms with E-state index in [4.69, 9.17) is 19.2 Å². The Morgan fingerprint density at radius 2 is 1.72 bits per heavy atom. The molecule has 0 aliphatic carbocycles. The second-order valence-corrected chi connectivity index (χ2v) is 9.19. The lowest BCUT2D eigenvalue weighted by Crippen LogP contribution is -2.50. The number of hydrogen-bond donors (Lipinski definition) is 0. The van der Waals surface area contributed by atoms with E-state index in [1.165, 1.54) is 6.20 Å². The number of carbonyl (C=O) groups excluding carboxylic acids is 1. The number of piperazine rings is 1. The molecule has 4 rings (SSSR count). The van der Waals surface area contributed by atoms with E-state index >= 15 is 0 Å². The van der Waals surface area contributed by atoms with Crippen LogP contribution < -0.4 is 14.4 Å². The number of benzene rings is 1. The summed E-state index contributed by atoms with van der Waals surface area (Å²) in [6.07, 6.45) is 4.42. The van der Waals surface area contributed by atoms with E-state index in [9.17, 15) is 10.1 Å². The largest absolute Gasteiger partial charge is 0.497 e. The molecule has 1 aliphatic rings. The van der Waals surface area contributed by atoms with Crippen molar-refractivity contribution in [3.63, 3.8) is 0 Å². The summed E-state index contributed by atoms with van der Waals surface area (Å²) in [6, 6.07) is 11.0. The molecule has 1 aromatic carbocycles. The van der Waals surface area contributed by atoms with E-state index in [0.29, 0.717) is 66.2 Å². The van der Waals surface area contributed by atoms with Gasteiger partial charge in [-0.05, 0) is 51.1 Å². The molecule has 0 atom stereocenters. The molecule has 0 radical (unpaired) electrons. The maximum Gasteiger partial charge on any atom is 0.410 e. The van der Waals surface area contributed by atoms with Crippen molar-refractivity contribution in [3.05, 3.63) is 54.5 Å². The van der Waals surface area contributed by atoms with Gasteiger partial charge in [-0.3, -0.25) is 4.98 Å².